The van der Waals surface area contributed by atoms with Crippen molar-refractivity contribution in [3.8, 4) is 11.5 Å². The summed E-state index contributed by atoms with van der Waals surface area (Å²) in [6.07, 6.45) is 1.69. The minimum atomic E-state index is -0.233. The van der Waals surface area contributed by atoms with Crippen molar-refractivity contribution in [2.75, 3.05) is 13.7 Å². The van der Waals surface area contributed by atoms with E-state index in [0.29, 0.717) is 18.8 Å². The highest BCUT2D eigenvalue weighted by Crippen LogP contribution is 2.25. The lowest BCUT2D eigenvalue weighted by molar-refractivity contribution is 0.0747. The SMILES string of the molecule is CCN(Cc1ccccn1)C(=O)c1ccc(OC)cc1O. The summed E-state index contributed by atoms with van der Waals surface area (Å²) < 4.78 is 5.02. The average Bonchev–Trinajstić information content (AvgIpc) is 2.52. The third-order valence-electron chi connectivity index (χ3n) is 3.18. The molecule has 1 N–H and O–H groups in total. The Bertz CT molecular complexity index is 614. The summed E-state index contributed by atoms with van der Waals surface area (Å²) in [5.74, 6) is 0.193. The molecular weight excluding hydrogens is 268 g/mol. The maximum absolute atomic E-state index is 12.5. The molecule has 0 aliphatic carbocycles. The van der Waals surface area contributed by atoms with E-state index in [1.54, 1.807) is 23.2 Å². The number of carbonyl (C=O) groups excluding carboxylic acids is 1. The lowest BCUT2D eigenvalue weighted by Gasteiger charge is -2.21. The number of carbonyl (C=O) groups is 1. The van der Waals surface area contributed by atoms with Crippen LogP contribution in [0.25, 0.3) is 0 Å². The molecule has 0 spiro atoms. The Morgan fingerprint density at radius 2 is 2.14 bits per heavy atom. The van der Waals surface area contributed by atoms with Gasteiger partial charge < -0.3 is 14.7 Å². The van der Waals surface area contributed by atoms with Gasteiger partial charge in [-0.3, -0.25) is 9.78 Å². The van der Waals surface area contributed by atoms with Crippen LogP contribution in [0, 0.1) is 0 Å². The normalized spacial score (nSPS) is 10.2. The van der Waals surface area contributed by atoms with Crippen LogP contribution < -0.4 is 4.74 Å². The largest absolute Gasteiger partial charge is 0.507 e. The first-order valence-electron chi connectivity index (χ1n) is 6.72. The molecule has 21 heavy (non-hydrogen) atoms. The third kappa shape index (κ3) is 3.51. The van der Waals surface area contributed by atoms with E-state index >= 15 is 0 Å². The molecule has 0 saturated carbocycles. The molecule has 5 heteroatoms. The predicted molar refractivity (Wildman–Crippen MR) is 79.3 cm³/mol. The molecule has 0 bridgehead atoms. The smallest absolute Gasteiger partial charge is 0.257 e. The first-order chi connectivity index (χ1) is 10.2. The highest BCUT2D eigenvalue weighted by atomic mass is 16.5. The summed E-state index contributed by atoms with van der Waals surface area (Å²) in [5.41, 5.74) is 1.06. The maximum atomic E-state index is 12.5. The molecule has 0 unspecified atom stereocenters. The number of ether oxygens (including phenoxy) is 1. The van der Waals surface area contributed by atoms with Gasteiger partial charge in [-0.1, -0.05) is 6.07 Å². The van der Waals surface area contributed by atoms with Crippen LogP contribution in [0.4, 0.5) is 0 Å². The molecule has 1 aromatic heterocycles. The van der Waals surface area contributed by atoms with E-state index in [1.807, 2.05) is 25.1 Å². The summed E-state index contributed by atoms with van der Waals surface area (Å²) in [7, 11) is 1.51. The van der Waals surface area contributed by atoms with E-state index in [4.69, 9.17) is 4.74 Å². The van der Waals surface area contributed by atoms with Gasteiger partial charge in [-0.05, 0) is 31.2 Å². The molecule has 110 valence electrons. The molecule has 0 fully saturated rings. The first kappa shape index (κ1) is 14.8. The zero-order valence-corrected chi connectivity index (χ0v) is 12.1. The van der Waals surface area contributed by atoms with E-state index in [2.05, 4.69) is 4.98 Å². The Morgan fingerprint density at radius 1 is 1.33 bits per heavy atom. The molecule has 2 rings (SSSR count). The van der Waals surface area contributed by atoms with E-state index in [-0.39, 0.29) is 17.2 Å². The van der Waals surface area contributed by atoms with Gasteiger partial charge in [0.05, 0.1) is 24.9 Å². The standard InChI is InChI=1S/C16H18N2O3/c1-3-18(11-12-6-4-5-9-17-12)16(20)14-8-7-13(21-2)10-15(14)19/h4-10,19H,3,11H2,1-2H3. The highest BCUT2D eigenvalue weighted by Gasteiger charge is 2.18. The fourth-order valence-corrected chi connectivity index (χ4v) is 2.00. The molecule has 0 aliphatic heterocycles. The number of aromatic hydroxyl groups is 1. The molecule has 0 saturated heterocycles. The van der Waals surface area contributed by atoms with Gasteiger partial charge in [-0.15, -0.1) is 0 Å². The Balaban J connectivity index is 2.20. The van der Waals surface area contributed by atoms with Gasteiger partial charge >= 0.3 is 0 Å². The molecule has 2 aromatic rings. The van der Waals surface area contributed by atoms with Gasteiger partial charge in [0, 0.05) is 18.8 Å². The van der Waals surface area contributed by atoms with E-state index in [9.17, 15) is 9.90 Å². The number of phenolic OH excluding ortho intramolecular Hbond substituents is 1. The number of nitrogens with zero attached hydrogens (tertiary/aromatic N) is 2. The summed E-state index contributed by atoms with van der Waals surface area (Å²) in [6, 6.07) is 10.2. The number of phenols is 1. The van der Waals surface area contributed by atoms with Crippen molar-refractivity contribution in [2.45, 2.75) is 13.5 Å². The minimum Gasteiger partial charge on any atom is -0.507 e. The lowest BCUT2D eigenvalue weighted by atomic mass is 10.1. The molecular formula is C16H18N2O3. The third-order valence-corrected chi connectivity index (χ3v) is 3.18. The fourth-order valence-electron chi connectivity index (χ4n) is 2.00. The van der Waals surface area contributed by atoms with Crippen molar-refractivity contribution in [2.24, 2.45) is 0 Å². The van der Waals surface area contributed by atoms with Crippen LogP contribution in [-0.2, 0) is 6.54 Å². The molecule has 5 nitrogen and oxygen atoms in total. The highest BCUT2D eigenvalue weighted by molar-refractivity contribution is 5.97. The van der Waals surface area contributed by atoms with Crippen molar-refractivity contribution in [1.82, 2.24) is 9.88 Å². The first-order valence-corrected chi connectivity index (χ1v) is 6.72. The van der Waals surface area contributed by atoms with E-state index < -0.39 is 0 Å². The van der Waals surface area contributed by atoms with Gasteiger partial charge in [-0.25, -0.2) is 0 Å². The van der Waals surface area contributed by atoms with E-state index in [1.165, 1.54) is 13.2 Å². The van der Waals surface area contributed by atoms with Crippen molar-refractivity contribution in [3.05, 3.63) is 53.9 Å². The quantitative estimate of drug-likeness (QED) is 0.917. The number of rotatable bonds is 5. The van der Waals surface area contributed by atoms with Gasteiger partial charge in [0.1, 0.15) is 11.5 Å². The van der Waals surface area contributed by atoms with E-state index in [0.717, 1.165) is 5.69 Å². The summed E-state index contributed by atoms with van der Waals surface area (Å²) in [6.45, 7) is 2.82. The summed E-state index contributed by atoms with van der Waals surface area (Å²) >= 11 is 0. The Hall–Kier alpha value is -2.56. The van der Waals surface area contributed by atoms with Crippen LogP contribution in [0.3, 0.4) is 0 Å². The van der Waals surface area contributed by atoms with Crippen LogP contribution in [-0.4, -0.2) is 34.6 Å². The van der Waals surface area contributed by atoms with Gasteiger partial charge in [-0.2, -0.15) is 0 Å². The second kappa shape index (κ2) is 6.74. The second-order valence-electron chi connectivity index (χ2n) is 4.52. The number of methoxy groups -OCH3 is 1. The summed E-state index contributed by atoms with van der Waals surface area (Å²) in [5, 5.41) is 9.96. The molecule has 1 aromatic carbocycles. The lowest BCUT2D eigenvalue weighted by Crippen LogP contribution is -2.30. The van der Waals surface area contributed by atoms with Crippen LogP contribution in [0.15, 0.2) is 42.6 Å². The molecule has 0 aliphatic rings. The number of pyridine rings is 1. The number of benzene rings is 1. The predicted octanol–water partition coefficient (Wildman–Crippen LogP) is 2.46. The molecule has 0 atom stereocenters. The average molecular weight is 286 g/mol. The summed E-state index contributed by atoms with van der Waals surface area (Å²) in [4.78, 5) is 18.3. The number of amides is 1. The minimum absolute atomic E-state index is 0.0844. The van der Waals surface area contributed by atoms with Crippen LogP contribution in [0.2, 0.25) is 0 Å². The molecule has 0 radical (unpaired) electrons. The Labute approximate surface area is 123 Å². The monoisotopic (exact) mass is 286 g/mol. The fraction of sp³-hybridized carbons (Fsp3) is 0.250. The zero-order valence-electron chi connectivity index (χ0n) is 12.1. The van der Waals surface area contributed by atoms with Crippen LogP contribution in [0.5, 0.6) is 11.5 Å². The topological polar surface area (TPSA) is 62.7 Å². The number of aromatic nitrogens is 1. The second-order valence-corrected chi connectivity index (χ2v) is 4.52. The Kier molecular flexibility index (Phi) is 4.77. The number of hydrogen-bond donors (Lipinski definition) is 1. The number of hydrogen-bond acceptors (Lipinski definition) is 4. The van der Waals surface area contributed by atoms with Gasteiger partial charge in [0.25, 0.3) is 5.91 Å². The van der Waals surface area contributed by atoms with Gasteiger partial charge in [0.15, 0.2) is 0 Å². The molecule has 1 heterocycles. The van der Waals surface area contributed by atoms with Crippen molar-refractivity contribution >= 4 is 5.91 Å². The maximum Gasteiger partial charge on any atom is 0.257 e. The van der Waals surface area contributed by atoms with Crippen LogP contribution in [0.1, 0.15) is 23.0 Å². The Morgan fingerprint density at radius 3 is 2.71 bits per heavy atom. The van der Waals surface area contributed by atoms with Crippen molar-refractivity contribution in [3.63, 3.8) is 0 Å². The van der Waals surface area contributed by atoms with Crippen molar-refractivity contribution in [1.29, 1.82) is 0 Å². The molecule has 1 amide bonds. The van der Waals surface area contributed by atoms with Gasteiger partial charge in [0.2, 0.25) is 0 Å². The van der Waals surface area contributed by atoms with Crippen molar-refractivity contribution < 1.29 is 14.6 Å². The zero-order chi connectivity index (χ0) is 15.2. The van der Waals surface area contributed by atoms with Crippen LogP contribution >= 0.6 is 0 Å².